The van der Waals surface area contributed by atoms with Gasteiger partial charge in [-0.05, 0) is 40.9 Å². The fourth-order valence-corrected chi connectivity index (χ4v) is 2.62. The molecule has 1 saturated carbocycles. The lowest BCUT2D eigenvalue weighted by Crippen LogP contribution is -2.34. The van der Waals surface area contributed by atoms with Crippen LogP contribution < -0.4 is 5.32 Å². The van der Waals surface area contributed by atoms with E-state index in [4.69, 9.17) is 0 Å². The molecule has 2 nitrogen and oxygen atoms in total. The van der Waals surface area contributed by atoms with Crippen LogP contribution in [0.1, 0.15) is 25.0 Å². The Kier molecular flexibility index (Phi) is 2.74. The minimum Gasteiger partial charge on any atom is -0.356 e. The molecule has 84 valence electrons. The first kappa shape index (κ1) is 10.4. The van der Waals surface area contributed by atoms with Crippen LogP contribution in [0.15, 0.2) is 28.7 Å². The number of fused-ring (bicyclic) bond motifs is 1. The van der Waals surface area contributed by atoms with Gasteiger partial charge in [0.15, 0.2) is 0 Å². The van der Waals surface area contributed by atoms with Crippen LogP contribution in [0, 0.1) is 0 Å². The number of aromatic nitrogens is 1. The summed E-state index contributed by atoms with van der Waals surface area (Å²) in [5, 5.41) is 4.85. The van der Waals surface area contributed by atoms with Gasteiger partial charge in [0.05, 0.1) is 5.52 Å². The van der Waals surface area contributed by atoms with Crippen molar-refractivity contribution in [2.45, 2.75) is 31.8 Å². The third-order valence-electron chi connectivity index (χ3n) is 3.35. The van der Waals surface area contributed by atoms with E-state index in [1.54, 1.807) is 0 Å². The monoisotopic (exact) mass is 278 g/mol. The summed E-state index contributed by atoms with van der Waals surface area (Å²) in [6, 6.07) is 9.26. The van der Waals surface area contributed by atoms with Crippen LogP contribution in [-0.2, 0) is 6.54 Å². The van der Waals surface area contributed by atoms with Gasteiger partial charge in [0.1, 0.15) is 0 Å². The Hall–Kier alpha value is -0.800. The molecule has 1 aliphatic rings. The van der Waals surface area contributed by atoms with Crippen LogP contribution in [0.4, 0.5) is 0 Å². The SMILES string of the molecule is Brc1cccc2cc(CNC3CCC3)[nH]c12. The van der Waals surface area contributed by atoms with Crippen LogP contribution in [-0.4, -0.2) is 11.0 Å². The first-order chi connectivity index (χ1) is 7.83. The molecule has 1 aromatic carbocycles. The Labute approximate surface area is 104 Å². The molecule has 1 aromatic heterocycles. The van der Waals surface area contributed by atoms with Gasteiger partial charge in [-0.3, -0.25) is 0 Å². The Morgan fingerprint density at radius 1 is 1.38 bits per heavy atom. The molecule has 0 spiro atoms. The van der Waals surface area contributed by atoms with Gasteiger partial charge in [-0.1, -0.05) is 18.6 Å². The van der Waals surface area contributed by atoms with Crippen molar-refractivity contribution in [3.63, 3.8) is 0 Å². The Bertz CT molecular complexity index is 500. The van der Waals surface area contributed by atoms with E-state index in [0.717, 1.165) is 17.1 Å². The van der Waals surface area contributed by atoms with Gasteiger partial charge in [-0.15, -0.1) is 0 Å². The summed E-state index contributed by atoms with van der Waals surface area (Å²) in [7, 11) is 0. The van der Waals surface area contributed by atoms with Crippen molar-refractivity contribution >= 4 is 26.8 Å². The summed E-state index contributed by atoms with van der Waals surface area (Å²) >= 11 is 3.56. The van der Waals surface area contributed by atoms with E-state index in [1.165, 1.54) is 35.9 Å². The summed E-state index contributed by atoms with van der Waals surface area (Å²) in [5.74, 6) is 0. The zero-order chi connectivity index (χ0) is 11.0. The average molecular weight is 279 g/mol. The van der Waals surface area contributed by atoms with E-state index in [-0.39, 0.29) is 0 Å². The molecule has 1 fully saturated rings. The van der Waals surface area contributed by atoms with Crippen LogP contribution in [0.25, 0.3) is 10.9 Å². The summed E-state index contributed by atoms with van der Waals surface area (Å²) in [6.45, 7) is 0.950. The molecule has 0 radical (unpaired) electrons. The lowest BCUT2D eigenvalue weighted by Gasteiger charge is -2.26. The molecule has 3 heteroatoms. The second-order valence-electron chi connectivity index (χ2n) is 4.51. The second-order valence-corrected chi connectivity index (χ2v) is 5.36. The molecular weight excluding hydrogens is 264 g/mol. The lowest BCUT2D eigenvalue weighted by atomic mass is 9.93. The van der Waals surface area contributed by atoms with E-state index < -0.39 is 0 Å². The van der Waals surface area contributed by atoms with Crippen LogP contribution in [0.5, 0.6) is 0 Å². The smallest absolute Gasteiger partial charge is 0.0600 e. The van der Waals surface area contributed by atoms with E-state index in [0.29, 0.717) is 0 Å². The molecule has 16 heavy (non-hydrogen) atoms. The summed E-state index contributed by atoms with van der Waals surface area (Å²) in [6.07, 6.45) is 4.06. The standard InChI is InChI=1S/C13H15BrN2/c14-12-6-1-3-9-7-11(16-13(9)12)8-15-10-4-2-5-10/h1,3,6-7,10,15-16H,2,4-5,8H2. The number of benzene rings is 1. The highest BCUT2D eigenvalue weighted by molar-refractivity contribution is 9.10. The van der Waals surface area contributed by atoms with E-state index >= 15 is 0 Å². The summed E-state index contributed by atoms with van der Waals surface area (Å²) < 4.78 is 1.14. The van der Waals surface area contributed by atoms with Crippen molar-refractivity contribution in [3.05, 3.63) is 34.4 Å². The predicted octanol–water partition coefficient (Wildman–Crippen LogP) is 3.57. The van der Waals surface area contributed by atoms with Gasteiger partial charge < -0.3 is 10.3 Å². The Morgan fingerprint density at radius 3 is 2.94 bits per heavy atom. The number of hydrogen-bond donors (Lipinski definition) is 2. The molecule has 3 rings (SSSR count). The number of H-pyrrole nitrogens is 1. The molecule has 0 saturated heterocycles. The highest BCUT2D eigenvalue weighted by Crippen LogP contribution is 2.24. The molecule has 0 atom stereocenters. The minimum atomic E-state index is 0.745. The molecule has 1 aliphatic carbocycles. The van der Waals surface area contributed by atoms with Gasteiger partial charge in [0, 0.05) is 28.1 Å². The highest BCUT2D eigenvalue weighted by atomic mass is 79.9. The van der Waals surface area contributed by atoms with Gasteiger partial charge in [0.2, 0.25) is 0 Å². The minimum absolute atomic E-state index is 0.745. The maximum atomic E-state index is 3.57. The number of para-hydroxylation sites is 1. The van der Waals surface area contributed by atoms with E-state index in [9.17, 15) is 0 Å². The van der Waals surface area contributed by atoms with Crippen molar-refractivity contribution in [3.8, 4) is 0 Å². The molecule has 0 aliphatic heterocycles. The maximum absolute atomic E-state index is 3.57. The zero-order valence-corrected chi connectivity index (χ0v) is 10.7. The third-order valence-corrected chi connectivity index (χ3v) is 4.01. The van der Waals surface area contributed by atoms with Crippen molar-refractivity contribution < 1.29 is 0 Å². The fraction of sp³-hybridized carbons (Fsp3) is 0.385. The van der Waals surface area contributed by atoms with E-state index in [2.05, 4.69) is 50.5 Å². The number of nitrogens with one attached hydrogen (secondary N) is 2. The maximum Gasteiger partial charge on any atom is 0.0600 e. The zero-order valence-electron chi connectivity index (χ0n) is 9.09. The van der Waals surface area contributed by atoms with E-state index in [1.807, 2.05) is 0 Å². The number of halogens is 1. The number of aromatic amines is 1. The van der Waals surface area contributed by atoms with Crippen molar-refractivity contribution in [2.75, 3.05) is 0 Å². The Morgan fingerprint density at radius 2 is 2.25 bits per heavy atom. The fourth-order valence-electron chi connectivity index (χ4n) is 2.14. The Balaban J connectivity index is 1.79. The van der Waals surface area contributed by atoms with Crippen molar-refractivity contribution in [1.82, 2.24) is 10.3 Å². The largest absolute Gasteiger partial charge is 0.356 e. The van der Waals surface area contributed by atoms with Gasteiger partial charge in [0.25, 0.3) is 0 Å². The summed E-state index contributed by atoms with van der Waals surface area (Å²) in [4.78, 5) is 3.46. The highest BCUT2D eigenvalue weighted by Gasteiger charge is 2.16. The lowest BCUT2D eigenvalue weighted by molar-refractivity contribution is 0.337. The van der Waals surface area contributed by atoms with Crippen LogP contribution in [0.2, 0.25) is 0 Å². The van der Waals surface area contributed by atoms with Gasteiger partial charge in [-0.25, -0.2) is 0 Å². The molecule has 2 aromatic rings. The molecule has 1 heterocycles. The van der Waals surface area contributed by atoms with Gasteiger partial charge >= 0.3 is 0 Å². The molecule has 0 unspecified atom stereocenters. The van der Waals surface area contributed by atoms with Crippen LogP contribution >= 0.6 is 15.9 Å². The normalized spacial score (nSPS) is 16.6. The average Bonchev–Trinajstić information content (AvgIpc) is 2.60. The molecular formula is C13H15BrN2. The van der Waals surface area contributed by atoms with Gasteiger partial charge in [-0.2, -0.15) is 0 Å². The number of rotatable bonds is 3. The predicted molar refractivity (Wildman–Crippen MR) is 70.5 cm³/mol. The molecule has 0 amide bonds. The quantitative estimate of drug-likeness (QED) is 0.883. The first-order valence-corrected chi connectivity index (χ1v) is 6.62. The van der Waals surface area contributed by atoms with Crippen LogP contribution in [0.3, 0.4) is 0 Å². The second kappa shape index (κ2) is 4.22. The van der Waals surface area contributed by atoms with Crippen molar-refractivity contribution in [1.29, 1.82) is 0 Å². The third kappa shape index (κ3) is 1.89. The summed E-state index contributed by atoms with van der Waals surface area (Å²) in [5.41, 5.74) is 2.47. The number of hydrogen-bond acceptors (Lipinski definition) is 1. The molecule has 0 bridgehead atoms. The first-order valence-electron chi connectivity index (χ1n) is 5.82. The molecule has 2 N–H and O–H groups in total. The van der Waals surface area contributed by atoms with Crippen molar-refractivity contribution in [2.24, 2.45) is 0 Å². The topological polar surface area (TPSA) is 27.8 Å².